The molecule has 9 nitrogen and oxygen atoms in total. The smallest absolute Gasteiger partial charge is 0.316 e. The lowest BCUT2D eigenvalue weighted by Crippen LogP contribution is -2.53. The van der Waals surface area contributed by atoms with Crippen molar-refractivity contribution in [2.75, 3.05) is 33.4 Å². The van der Waals surface area contributed by atoms with Crippen molar-refractivity contribution in [1.29, 1.82) is 0 Å². The molecule has 3 heterocycles. The van der Waals surface area contributed by atoms with E-state index in [9.17, 15) is 9.59 Å². The van der Waals surface area contributed by atoms with Gasteiger partial charge in [0.05, 0.1) is 19.1 Å². The lowest BCUT2D eigenvalue weighted by atomic mass is 9.73. The molecule has 1 fully saturated rings. The minimum Gasteiger partial charge on any atom is -0.491 e. The number of ether oxygens (including phenoxy) is 2. The van der Waals surface area contributed by atoms with E-state index >= 15 is 0 Å². The molecule has 1 atom stereocenters. The zero-order chi connectivity index (χ0) is 25.4. The topological polar surface area (TPSA) is 106 Å². The monoisotopic (exact) mass is 495 g/mol. The van der Waals surface area contributed by atoms with Crippen molar-refractivity contribution < 1.29 is 19.1 Å². The Hall–Kier alpha value is -3.20. The summed E-state index contributed by atoms with van der Waals surface area (Å²) in [4.78, 5) is 36.9. The van der Waals surface area contributed by atoms with Crippen LogP contribution in [0.5, 0.6) is 11.8 Å². The second kappa shape index (κ2) is 12.2. The van der Waals surface area contributed by atoms with Crippen LogP contribution in [0.2, 0.25) is 0 Å². The van der Waals surface area contributed by atoms with Crippen molar-refractivity contribution in [2.45, 2.75) is 58.0 Å². The number of hydrogen-bond acceptors (Lipinski definition) is 7. The average Bonchev–Trinajstić information content (AvgIpc) is 2.90. The number of likely N-dealkylation sites (tertiary alicyclic amines) is 1. The highest BCUT2D eigenvalue weighted by molar-refractivity contribution is 5.90. The molecule has 1 saturated heterocycles. The third-order valence-corrected chi connectivity index (χ3v) is 7.29. The molecular weight excluding hydrogens is 458 g/mol. The van der Waals surface area contributed by atoms with Crippen LogP contribution >= 0.6 is 0 Å². The first-order valence-electron chi connectivity index (χ1n) is 12.9. The van der Waals surface area contributed by atoms with Crippen LogP contribution < -0.4 is 20.1 Å². The average molecular weight is 496 g/mol. The molecule has 1 aromatic heterocycles. The van der Waals surface area contributed by atoms with Crippen molar-refractivity contribution in [1.82, 2.24) is 25.5 Å². The SMILES string of the molecule is COc1ncc(CN2CCC3(CCCCc4ccccc4OCCNC(=O)[C@H](C)NC3=O)CC2)cn1. The minimum atomic E-state index is -0.596. The quantitative estimate of drug-likeness (QED) is 0.674. The molecule has 0 saturated carbocycles. The normalized spacial score (nSPS) is 21.8. The van der Waals surface area contributed by atoms with E-state index in [1.54, 1.807) is 26.4 Å². The highest BCUT2D eigenvalue weighted by atomic mass is 16.5. The Morgan fingerprint density at radius 2 is 1.86 bits per heavy atom. The number of aromatic nitrogens is 2. The fourth-order valence-corrected chi connectivity index (χ4v) is 5.05. The van der Waals surface area contributed by atoms with Gasteiger partial charge in [-0.15, -0.1) is 0 Å². The Kier molecular flexibility index (Phi) is 8.74. The summed E-state index contributed by atoms with van der Waals surface area (Å²) >= 11 is 0. The van der Waals surface area contributed by atoms with E-state index in [4.69, 9.17) is 9.47 Å². The van der Waals surface area contributed by atoms with Crippen LogP contribution in [0.15, 0.2) is 36.7 Å². The van der Waals surface area contributed by atoms with Gasteiger partial charge in [0.1, 0.15) is 18.4 Å². The van der Waals surface area contributed by atoms with E-state index in [0.29, 0.717) is 19.2 Å². The number of nitrogens with one attached hydrogen (secondary N) is 2. The maximum absolute atomic E-state index is 13.6. The van der Waals surface area contributed by atoms with Crippen LogP contribution in [-0.4, -0.2) is 66.1 Å². The van der Waals surface area contributed by atoms with E-state index in [0.717, 1.165) is 69.5 Å². The summed E-state index contributed by atoms with van der Waals surface area (Å²) in [5, 5.41) is 5.89. The van der Waals surface area contributed by atoms with Crippen molar-refractivity contribution in [3.8, 4) is 11.8 Å². The number of carbonyl (C=O) groups excluding carboxylic acids is 2. The molecule has 0 aliphatic carbocycles. The molecule has 2 N–H and O–H groups in total. The fraction of sp³-hybridized carbons (Fsp3) is 0.556. The first-order valence-corrected chi connectivity index (χ1v) is 12.9. The summed E-state index contributed by atoms with van der Waals surface area (Å²) in [6.45, 7) is 4.86. The van der Waals surface area contributed by atoms with Crippen molar-refractivity contribution >= 4 is 11.8 Å². The molecule has 0 radical (unpaired) electrons. The van der Waals surface area contributed by atoms with Crippen molar-refractivity contribution in [3.05, 3.63) is 47.8 Å². The van der Waals surface area contributed by atoms with Gasteiger partial charge in [0.25, 0.3) is 0 Å². The van der Waals surface area contributed by atoms with Gasteiger partial charge in [-0.1, -0.05) is 24.6 Å². The largest absolute Gasteiger partial charge is 0.491 e. The minimum absolute atomic E-state index is 0.0101. The number of benzene rings is 1. The molecule has 2 aromatic rings. The van der Waals surface area contributed by atoms with Crippen LogP contribution in [0.1, 0.15) is 50.2 Å². The van der Waals surface area contributed by atoms with Crippen LogP contribution in [0, 0.1) is 5.41 Å². The number of fused-ring (bicyclic) bond motifs is 1. The lowest BCUT2D eigenvalue weighted by molar-refractivity contribution is -0.138. The highest BCUT2D eigenvalue weighted by Gasteiger charge is 2.41. The molecule has 1 aromatic carbocycles. The number of methoxy groups -OCH3 is 1. The second-order valence-electron chi connectivity index (χ2n) is 9.78. The molecule has 2 amide bonds. The Morgan fingerprint density at radius 3 is 2.61 bits per heavy atom. The zero-order valence-electron chi connectivity index (χ0n) is 21.3. The van der Waals surface area contributed by atoms with Gasteiger partial charge in [0, 0.05) is 24.5 Å². The fourth-order valence-electron chi connectivity index (χ4n) is 5.05. The van der Waals surface area contributed by atoms with E-state index < -0.39 is 11.5 Å². The summed E-state index contributed by atoms with van der Waals surface area (Å²) in [6.07, 6.45) is 8.71. The van der Waals surface area contributed by atoms with Crippen molar-refractivity contribution in [3.63, 3.8) is 0 Å². The summed E-state index contributed by atoms with van der Waals surface area (Å²) in [7, 11) is 1.55. The number of hydrogen-bond donors (Lipinski definition) is 2. The molecule has 0 unspecified atom stereocenters. The standard InChI is InChI=1S/C27H37N5O4/c1-20-24(33)28-13-16-36-23-9-4-3-7-22(23)8-5-6-10-27(25(34)31-20)11-14-32(15-12-27)19-21-17-29-26(35-2)30-18-21/h3-4,7,9,17-18,20H,5-6,8,10-16,19H2,1-2H3,(H,28,33)(H,31,34)/t20-/m0/s1. The summed E-state index contributed by atoms with van der Waals surface area (Å²) in [5.41, 5.74) is 1.71. The Labute approximate surface area is 213 Å². The summed E-state index contributed by atoms with van der Waals surface area (Å²) in [5.74, 6) is 0.667. The maximum Gasteiger partial charge on any atom is 0.316 e. The molecule has 9 heteroatoms. The number of carbonyl (C=O) groups is 2. The lowest BCUT2D eigenvalue weighted by Gasteiger charge is -2.41. The first-order chi connectivity index (χ1) is 17.5. The number of aryl methyl sites for hydroxylation is 1. The van der Waals surface area contributed by atoms with E-state index in [1.165, 1.54) is 5.56 Å². The van der Waals surface area contributed by atoms with Crippen LogP contribution in [0.25, 0.3) is 0 Å². The Morgan fingerprint density at radius 1 is 1.11 bits per heavy atom. The van der Waals surface area contributed by atoms with E-state index in [-0.39, 0.29) is 11.8 Å². The van der Waals surface area contributed by atoms with Crippen LogP contribution in [0.3, 0.4) is 0 Å². The van der Waals surface area contributed by atoms with Gasteiger partial charge in [-0.3, -0.25) is 14.5 Å². The Balaban J connectivity index is 1.44. The highest BCUT2D eigenvalue weighted by Crippen LogP contribution is 2.38. The first kappa shape index (κ1) is 25.9. The van der Waals surface area contributed by atoms with Crippen LogP contribution in [0.4, 0.5) is 0 Å². The van der Waals surface area contributed by atoms with Crippen molar-refractivity contribution in [2.24, 2.45) is 5.41 Å². The Bertz CT molecular complexity index is 1020. The zero-order valence-corrected chi connectivity index (χ0v) is 21.3. The van der Waals surface area contributed by atoms with Gasteiger partial charge in [-0.05, 0) is 63.7 Å². The van der Waals surface area contributed by atoms with Gasteiger partial charge in [0.15, 0.2) is 0 Å². The maximum atomic E-state index is 13.6. The molecule has 36 heavy (non-hydrogen) atoms. The van der Waals surface area contributed by atoms with E-state index in [2.05, 4.69) is 31.6 Å². The molecule has 194 valence electrons. The van der Waals surface area contributed by atoms with Gasteiger partial charge in [-0.2, -0.15) is 0 Å². The number of amides is 2. The predicted octanol–water partition coefficient (Wildman–Crippen LogP) is 2.49. The summed E-state index contributed by atoms with van der Waals surface area (Å²) in [6, 6.07) is 7.83. The van der Waals surface area contributed by atoms with Crippen LogP contribution in [-0.2, 0) is 22.6 Å². The number of piperidine rings is 1. The van der Waals surface area contributed by atoms with Gasteiger partial charge in [0.2, 0.25) is 11.8 Å². The molecule has 2 aliphatic heterocycles. The molecule has 4 rings (SSSR count). The third-order valence-electron chi connectivity index (χ3n) is 7.29. The molecule has 0 bridgehead atoms. The van der Waals surface area contributed by atoms with Gasteiger partial charge in [-0.25, -0.2) is 9.97 Å². The molecule has 1 spiro atoms. The summed E-state index contributed by atoms with van der Waals surface area (Å²) < 4.78 is 11.0. The molecular formula is C27H37N5O4. The van der Waals surface area contributed by atoms with Gasteiger partial charge < -0.3 is 20.1 Å². The predicted molar refractivity (Wildman–Crippen MR) is 136 cm³/mol. The number of rotatable bonds is 3. The number of nitrogens with zero attached hydrogens (tertiary/aromatic N) is 3. The third kappa shape index (κ3) is 6.51. The second-order valence-corrected chi connectivity index (χ2v) is 9.78. The van der Waals surface area contributed by atoms with E-state index in [1.807, 2.05) is 18.2 Å². The number of para-hydroxylation sites is 1. The van der Waals surface area contributed by atoms with Gasteiger partial charge >= 0.3 is 6.01 Å². The molecule has 2 aliphatic rings.